The Morgan fingerprint density at radius 1 is 1.83 bits per heavy atom. The van der Waals surface area contributed by atoms with Gasteiger partial charge in [-0.1, -0.05) is 0 Å². The van der Waals surface area contributed by atoms with Crippen LogP contribution in [0.4, 0.5) is 0 Å². The van der Waals surface area contributed by atoms with Crippen LogP contribution >= 0.6 is 0 Å². The predicted octanol–water partition coefficient (Wildman–Crippen LogP) is 0.498. The first kappa shape index (κ1) is 5.21. The van der Waals surface area contributed by atoms with Crippen molar-refractivity contribution in [1.82, 2.24) is 0 Å². The summed E-state index contributed by atoms with van der Waals surface area (Å²) in [4.78, 5) is 0. The van der Waals surface area contributed by atoms with Gasteiger partial charge in [0.15, 0.2) is 0 Å². The van der Waals surface area contributed by atoms with Crippen LogP contribution in [0, 0.1) is 5.41 Å². The Morgan fingerprint density at radius 2 is 2.33 bits per heavy atom. The zero-order valence-electron chi connectivity index (χ0n) is 3.73. The summed E-state index contributed by atoms with van der Waals surface area (Å²) in [7, 11) is 0. The average molecular weight is 84.1 g/mol. The minimum absolute atomic E-state index is 0.671. The monoisotopic (exact) mass is 84.1 g/mol. The van der Waals surface area contributed by atoms with Gasteiger partial charge in [0, 0.05) is 11.9 Å². The molecule has 0 radical (unpaired) electrons. The number of rotatable bonds is 1. The molecule has 0 fully saturated rings. The van der Waals surface area contributed by atoms with Crippen LogP contribution in [0.15, 0.2) is 11.8 Å². The Kier molecular flexibility index (Phi) is 2.13. The van der Waals surface area contributed by atoms with Crippen LogP contribution in [0.3, 0.4) is 0 Å². The minimum atomic E-state index is 0.671. The Labute approximate surface area is 37.2 Å². The molecular formula is C4H8N2. The zero-order chi connectivity index (χ0) is 4.99. The first-order chi connectivity index (χ1) is 2.77. The summed E-state index contributed by atoms with van der Waals surface area (Å²) in [5, 5.41) is 6.45. The second-order valence-electron chi connectivity index (χ2n) is 1.08. The van der Waals surface area contributed by atoms with Crippen LogP contribution in [0.2, 0.25) is 0 Å². The second kappa shape index (κ2) is 2.45. The Hall–Kier alpha value is -0.790. The lowest BCUT2D eigenvalue weighted by atomic mass is 10.5. The summed E-state index contributed by atoms with van der Waals surface area (Å²) in [5.74, 6) is 0. The van der Waals surface area contributed by atoms with E-state index in [4.69, 9.17) is 11.1 Å². The molecule has 0 aromatic carbocycles. The predicted molar refractivity (Wildman–Crippen MR) is 26.7 cm³/mol. The molecule has 34 valence electrons. The summed E-state index contributed by atoms with van der Waals surface area (Å²) in [5.41, 5.74) is 5.78. The highest BCUT2D eigenvalue weighted by atomic mass is 14.5. The summed E-state index contributed by atoms with van der Waals surface area (Å²) in [6.45, 7) is 1.74. The lowest BCUT2D eigenvalue weighted by Gasteiger charge is -1.77. The maximum Gasteiger partial charge on any atom is 0.0194 e. The van der Waals surface area contributed by atoms with E-state index in [2.05, 4.69) is 0 Å². The molecule has 0 aromatic heterocycles. The van der Waals surface area contributed by atoms with E-state index in [1.54, 1.807) is 6.92 Å². The van der Waals surface area contributed by atoms with E-state index in [-0.39, 0.29) is 0 Å². The molecule has 0 heterocycles. The molecule has 2 heteroatoms. The molecule has 0 saturated heterocycles. The van der Waals surface area contributed by atoms with Crippen molar-refractivity contribution in [1.29, 1.82) is 5.41 Å². The van der Waals surface area contributed by atoms with Crippen molar-refractivity contribution in [2.75, 3.05) is 0 Å². The van der Waals surface area contributed by atoms with Gasteiger partial charge in [-0.05, 0) is 13.0 Å². The molecular weight excluding hydrogens is 76.1 g/mol. The van der Waals surface area contributed by atoms with E-state index in [0.717, 1.165) is 6.21 Å². The maximum absolute atomic E-state index is 6.45. The fourth-order valence-electron chi connectivity index (χ4n) is 0.131. The van der Waals surface area contributed by atoms with Gasteiger partial charge in [0.2, 0.25) is 0 Å². The van der Waals surface area contributed by atoms with Crippen molar-refractivity contribution in [3.63, 3.8) is 0 Å². The van der Waals surface area contributed by atoms with E-state index < -0.39 is 0 Å². The summed E-state index contributed by atoms with van der Waals surface area (Å²) in [6, 6.07) is 0. The van der Waals surface area contributed by atoms with Crippen LogP contribution in [-0.4, -0.2) is 6.21 Å². The standard InChI is InChI=1S/C4H8N2/c1-4(6)2-3-5/h2-3,5H,6H2,1H3/b4-2+,5-3?. The van der Waals surface area contributed by atoms with E-state index in [0.29, 0.717) is 5.70 Å². The van der Waals surface area contributed by atoms with Gasteiger partial charge >= 0.3 is 0 Å². The van der Waals surface area contributed by atoms with Gasteiger partial charge in [-0.25, -0.2) is 0 Å². The molecule has 0 unspecified atom stereocenters. The zero-order valence-corrected chi connectivity index (χ0v) is 3.73. The number of hydrogen-bond donors (Lipinski definition) is 2. The van der Waals surface area contributed by atoms with Gasteiger partial charge in [-0.15, -0.1) is 0 Å². The first-order valence-corrected chi connectivity index (χ1v) is 1.70. The molecule has 0 aliphatic heterocycles. The van der Waals surface area contributed by atoms with Gasteiger partial charge in [0.25, 0.3) is 0 Å². The molecule has 0 atom stereocenters. The smallest absolute Gasteiger partial charge is 0.0194 e. The van der Waals surface area contributed by atoms with Gasteiger partial charge < -0.3 is 11.1 Å². The Morgan fingerprint density at radius 3 is 2.33 bits per heavy atom. The van der Waals surface area contributed by atoms with E-state index in [1.807, 2.05) is 0 Å². The van der Waals surface area contributed by atoms with Gasteiger partial charge in [0.05, 0.1) is 0 Å². The summed E-state index contributed by atoms with van der Waals surface area (Å²) in [6.07, 6.45) is 2.69. The van der Waals surface area contributed by atoms with Crippen molar-refractivity contribution in [2.24, 2.45) is 5.73 Å². The Balaban J connectivity index is 3.41. The highest BCUT2D eigenvalue weighted by Gasteiger charge is 1.64. The number of allylic oxidation sites excluding steroid dienone is 2. The van der Waals surface area contributed by atoms with Crippen LogP contribution in [0.5, 0.6) is 0 Å². The third kappa shape index (κ3) is 3.21. The fourth-order valence-corrected chi connectivity index (χ4v) is 0.131. The van der Waals surface area contributed by atoms with E-state index in [9.17, 15) is 0 Å². The quantitative estimate of drug-likeness (QED) is 0.446. The molecule has 2 nitrogen and oxygen atoms in total. The van der Waals surface area contributed by atoms with E-state index in [1.165, 1.54) is 6.08 Å². The van der Waals surface area contributed by atoms with Crippen molar-refractivity contribution in [3.05, 3.63) is 11.8 Å². The van der Waals surface area contributed by atoms with Crippen molar-refractivity contribution in [3.8, 4) is 0 Å². The number of nitrogens with two attached hydrogens (primary N) is 1. The van der Waals surface area contributed by atoms with Crippen molar-refractivity contribution in [2.45, 2.75) is 6.92 Å². The maximum atomic E-state index is 6.45. The molecule has 6 heavy (non-hydrogen) atoms. The SMILES string of the molecule is C/C(N)=C\C=N. The molecule has 0 saturated carbocycles. The highest BCUT2D eigenvalue weighted by molar-refractivity contribution is 5.68. The normalized spacial score (nSPS) is 11.2. The van der Waals surface area contributed by atoms with Gasteiger partial charge in [-0.2, -0.15) is 0 Å². The molecule has 0 amide bonds. The largest absolute Gasteiger partial charge is 0.402 e. The summed E-state index contributed by atoms with van der Waals surface area (Å²) < 4.78 is 0. The number of nitrogens with one attached hydrogen (secondary N) is 1. The number of hydrogen-bond acceptors (Lipinski definition) is 2. The third-order valence-electron chi connectivity index (χ3n) is 0.346. The lowest BCUT2D eigenvalue weighted by molar-refractivity contribution is 1.32. The van der Waals surface area contributed by atoms with Crippen molar-refractivity contribution < 1.29 is 0 Å². The van der Waals surface area contributed by atoms with Crippen LogP contribution < -0.4 is 5.73 Å². The average Bonchev–Trinajstić information content (AvgIpc) is 1.35. The minimum Gasteiger partial charge on any atom is -0.402 e. The van der Waals surface area contributed by atoms with Crippen molar-refractivity contribution >= 4 is 6.21 Å². The third-order valence-corrected chi connectivity index (χ3v) is 0.346. The molecule has 0 bridgehead atoms. The van der Waals surface area contributed by atoms with Crippen LogP contribution in [-0.2, 0) is 0 Å². The van der Waals surface area contributed by atoms with E-state index >= 15 is 0 Å². The fraction of sp³-hybridized carbons (Fsp3) is 0.250. The van der Waals surface area contributed by atoms with Gasteiger partial charge in [0.1, 0.15) is 0 Å². The molecule has 0 spiro atoms. The van der Waals surface area contributed by atoms with Crippen LogP contribution in [0.25, 0.3) is 0 Å². The Bertz CT molecular complexity index is 69.6. The first-order valence-electron chi connectivity index (χ1n) is 1.70. The van der Waals surface area contributed by atoms with Gasteiger partial charge in [-0.3, -0.25) is 0 Å². The molecule has 0 rings (SSSR count). The molecule has 0 aliphatic carbocycles. The second-order valence-corrected chi connectivity index (χ2v) is 1.08. The van der Waals surface area contributed by atoms with Crippen LogP contribution in [0.1, 0.15) is 6.92 Å². The molecule has 0 aromatic rings. The molecule has 3 N–H and O–H groups in total. The molecule has 0 aliphatic rings. The summed E-state index contributed by atoms with van der Waals surface area (Å²) >= 11 is 0. The topological polar surface area (TPSA) is 49.9 Å². The lowest BCUT2D eigenvalue weighted by Crippen LogP contribution is -1.88. The highest BCUT2D eigenvalue weighted by Crippen LogP contribution is 1.70.